The number of fused-ring (bicyclic) bond motifs is 2. The molecule has 0 aliphatic heterocycles. The molecule has 0 radical (unpaired) electrons. The number of aromatic nitrogens is 3. The van der Waals surface area contributed by atoms with Gasteiger partial charge in [-0.25, -0.2) is 9.97 Å². The van der Waals surface area contributed by atoms with E-state index in [9.17, 15) is 0 Å². The second-order valence-electron chi connectivity index (χ2n) is 5.23. The second-order valence-corrected chi connectivity index (χ2v) is 5.23. The highest BCUT2D eigenvalue weighted by molar-refractivity contribution is 5.93. The summed E-state index contributed by atoms with van der Waals surface area (Å²) in [6.07, 6.45) is 1.74. The highest BCUT2D eigenvalue weighted by Crippen LogP contribution is 2.34. The Morgan fingerprint density at radius 1 is 1.00 bits per heavy atom. The van der Waals surface area contributed by atoms with Gasteiger partial charge < -0.3 is 14.5 Å². The minimum atomic E-state index is 0.705. The van der Waals surface area contributed by atoms with E-state index in [4.69, 9.17) is 9.47 Å². The molecule has 2 aromatic heterocycles. The van der Waals surface area contributed by atoms with E-state index in [1.807, 2.05) is 36.4 Å². The highest BCUT2D eigenvalue weighted by Gasteiger charge is 2.11. The number of imidazole rings is 1. The van der Waals surface area contributed by atoms with Gasteiger partial charge in [-0.05, 0) is 41.8 Å². The average Bonchev–Trinajstić information content (AvgIpc) is 3.04. The van der Waals surface area contributed by atoms with E-state index < -0.39 is 0 Å². The van der Waals surface area contributed by atoms with Crippen molar-refractivity contribution in [2.24, 2.45) is 0 Å². The van der Waals surface area contributed by atoms with Crippen molar-refractivity contribution in [3.05, 3.63) is 48.7 Å². The fourth-order valence-electron chi connectivity index (χ4n) is 2.72. The highest BCUT2D eigenvalue weighted by atomic mass is 16.5. The molecule has 5 nitrogen and oxygen atoms in total. The molecule has 0 spiro atoms. The number of H-pyrrole nitrogens is 1. The van der Waals surface area contributed by atoms with Gasteiger partial charge in [-0.3, -0.25) is 0 Å². The maximum atomic E-state index is 5.55. The molecule has 0 amide bonds. The molecular formula is C18H15N3O2. The fraction of sp³-hybridized carbons (Fsp3) is 0.111. The third-order valence-corrected chi connectivity index (χ3v) is 3.87. The third-order valence-electron chi connectivity index (χ3n) is 3.87. The minimum absolute atomic E-state index is 0.705. The lowest BCUT2D eigenvalue weighted by Gasteiger charge is -2.09. The van der Waals surface area contributed by atoms with Crippen LogP contribution >= 0.6 is 0 Å². The molecule has 1 N–H and O–H groups in total. The Balaban J connectivity index is 1.93. The van der Waals surface area contributed by atoms with Crippen LogP contribution in [0.25, 0.3) is 33.3 Å². The zero-order valence-corrected chi connectivity index (χ0v) is 12.8. The summed E-state index contributed by atoms with van der Waals surface area (Å²) < 4.78 is 10.8. The molecule has 114 valence electrons. The number of benzene rings is 2. The van der Waals surface area contributed by atoms with Gasteiger partial charge in [0.15, 0.2) is 5.65 Å². The number of ether oxygens (including phenoxy) is 2. The first-order valence-corrected chi connectivity index (χ1v) is 7.25. The molecule has 0 aliphatic carbocycles. The maximum Gasteiger partial charge on any atom is 0.178 e. The van der Waals surface area contributed by atoms with Crippen LogP contribution in [0, 0.1) is 0 Å². The first kappa shape index (κ1) is 13.6. The molecular weight excluding hydrogens is 290 g/mol. The lowest BCUT2D eigenvalue weighted by molar-refractivity contribution is 0.412. The summed E-state index contributed by atoms with van der Waals surface area (Å²) in [4.78, 5) is 12.1. The standard InChI is InChI=1S/C18H15N3O2/c1-22-13-6-5-11-8-12(9-16(23-2)14(11)10-13)17-20-15-4-3-7-19-18(15)21-17/h3-10H,1-2H3,(H,19,20,21). The molecule has 0 saturated carbocycles. The van der Waals surface area contributed by atoms with Crippen LogP contribution in [0.2, 0.25) is 0 Å². The van der Waals surface area contributed by atoms with E-state index in [1.165, 1.54) is 0 Å². The van der Waals surface area contributed by atoms with Gasteiger partial charge in [0, 0.05) is 17.1 Å². The van der Waals surface area contributed by atoms with Gasteiger partial charge in [0.2, 0.25) is 0 Å². The summed E-state index contributed by atoms with van der Waals surface area (Å²) in [7, 11) is 3.32. The van der Waals surface area contributed by atoms with Crippen LogP contribution in [0.4, 0.5) is 0 Å². The first-order chi connectivity index (χ1) is 11.3. The predicted molar refractivity (Wildman–Crippen MR) is 89.9 cm³/mol. The van der Waals surface area contributed by atoms with Crippen LogP contribution in [0.15, 0.2) is 48.7 Å². The van der Waals surface area contributed by atoms with Crippen LogP contribution in [-0.4, -0.2) is 29.2 Å². The summed E-state index contributed by atoms with van der Waals surface area (Å²) in [5.41, 5.74) is 2.57. The van der Waals surface area contributed by atoms with Crippen molar-refractivity contribution in [2.45, 2.75) is 0 Å². The van der Waals surface area contributed by atoms with Crippen molar-refractivity contribution < 1.29 is 9.47 Å². The Kier molecular flexibility index (Phi) is 3.12. The lowest BCUT2D eigenvalue weighted by Crippen LogP contribution is -1.90. The van der Waals surface area contributed by atoms with Gasteiger partial charge in [-0.15, -0.1) is 0 Å². The van der Waals surface area contributed by atoms with Crippen molar-refractivity contribution >= 4 is 21.9 Å². The van der Waals surface area contributed by atoms with Gasteiger partial charge in [0.1, 0.15) is 17.3 Å². The molecule has 2 aromatic carbocycles. The van der Waals surface area contributed by atoms with E-state index in [-0.39, 0.29) is 0 Å². The molecule has 5 heteroatoms. The molecule has 0 unspecified atom stereocenters. The summed E-state index contributed by atoms with van der Waals surface area (Å²) in [6.45, 7) is 0. The van der Waals surface area contributed by atoms with Gasteiger partial charge in [-0.2, -0.15) is 0 Å². The Bertz CT molecular complexity index is 975. The average molecular weight is 305 g/mol. The van der Waals surface area contributed by atoms with Crippen LogP contribution in [0.1, 0.15) is 0 Å². The van der Waals surface area contributed by atoms with Crippen molar-refractivity contribution in [3.63, 3.8) is 0 Å². The molecule has 0 aliphatic rings. The Morgan fingerprint density at radius 3 is 2.70 bits per heavy atom. The molecule has 0 bridgehead atoms. The van der Waals surface area contributed by atoms with Gasteiger partial charge in [0.05, 0.1) is 19.7 Å². The van der Waals surface area contributed by atoms with Crippen molar-refractivity contribution in [2.75, 3.05) is 14.2 Å². The van der Waals surface area contributed by atoms with Crippen LogP contribution in [0.3, 0.4) is 0 Å². The van der Waals surface area contributed by atoms with Crippen LogP contribution in [-0.2, 0) is 0 Å². The van der Waals surface area contributed by atoms with E-state index in [0.29, 0.717) is 5.65 Å². The minimum Gasteiger partial charge on any atom is -0.497 e. The van der Waals surface area contributed by atoms with E-state index in [1.54, 1.807) is 20.4 Å². The lowest BCUT2D eigenvalue weighted by atomic mass is 10.0. The Labute approximate surface area is 132 Å². The summed E-state index contributed by atoms with van der Waals surface area (Å²) in [6, 6.07) is 13.8. The number of nitrogens with one attached hydrogen (secondary N) is 1. The van der Waals surface area contributed by atoms with Gasteiger partial charge in [-0.1, -0.05) is 6.07 Å². The number of hydrogen-bond donors (Lipinski definition) is 1. The molecule has 4 aromatic rings. The predicted octanol–water partition coefficient (Wildman–Crippen LogP) is 3.80. The number of rotatable bonds is 3. The molecule has 4 rings (SSSR count). The second kappa shape index (κ2) is 5.28. The zero-order valence-electron chi connectivity index (χ0n) is 12.8. The summed E-state index contributed by atoms with van der Waals surface area (Å²) >= 11 is 0. The fourth-order valence-corrected chi connectivity index (χ4v) is 2.72. The molecule has 23 heavy (non-hydrogen) atoms. The van der Waals surface area contributed by atoms with E-state index >= 15 is 0 Å². The summed E-state index contributed by atoms with van der Waals surface area (Å²) in [5.74, 6) is 2.36. The zero-order chi connectivity index (χ0) is 15.8. The summed E-state index contributed by atoms with van der Waals surface area (Å²) in [5, 5.41) is 2.07. The Hall–Kier alpha value is -3.08. The Morgan fingerprint density at radius 2 is 1.91 bits per heavy atom. The van der Waals surface area contributed by atoms with Crippen LogP contribution in [0.5, 0.6) is 11.5 Å². The number of nitrogens with zero attached hydrogens (tertiary/aromatic N) is 2. The number of methoxy groups -OCH3 is 2. The molecule has 2 heterocycles. The SMILES string of the molecule is COc1ccc2cc(-c3nc4ncccc4[nH]3)cc(OC)c2c1. The van der Waals surface area contributed by atoms with Crippen molar-refractivity contribution in [1.82, 2.24) is 15.0 Å². The smallest absolute Gasteiger partial charge is 0.178 e. The van der Waals surface area contributed by atoms with Gasteiger partial charge >= 0.3 is 0 Å². The topological polar surface area (TPSA) is 60.0 Å². The molecule has 0 atom stereocenters. The number of hydrogen-bond acceptors (Lipinski definition) is 4. The van der Waals surface area contributed by atoms with Crippen molar-refractivity contribution in [3.8, 4) is 22.9 Å². The number of pyridine rings is 1. The first-order valence-electron chi connectivity index (χ1n) is 7.25. The molecule has 0 fully saturated rings. The van der Waals surface area contributed by atoms with Crippen LogP contribution < -0.4 is 9.47 Å². The number of aromatic amines is 1. The maximum absolute atomic E-state index is 5.55. The third kappa shape index (κ3) is 2.26. The quantitative estimate of drug-likeness (QED) is 0.625. The largest absolute Gasteiger partial charge is 0.497 e. The molecule has 0 saturated heterocycles. The normalized spacial score (nSPS) is 11.0. The monoisotopic (exact) mass is 305 g/mol. The van der Waals surface area contributed by atoms with Crippen molar-refractivity contribution in [1.29, 1.82) is 0 Å². The van der Waals surface area contributed by atoms with E-state index in [2.05, 4.69) is 21.0 Å². The van der Waals surface area contributed by atoms with Gasteiger partial charge in [0.25, 0.3) is 0 Å². The van der Waals surface area contributed by atoms with E-state index in [0.717, 1.165) is 39.2 Å².